The molecule has 0 aliphatic heterocycles. The molecule has 0 radical (unpaired) electrons. The second kappa shape index (κ2) is 5.12. The third-order valence-electron chi connectivity index (χ3n) is 2.35. The van der Waals surface area contributed by atoms with Crippen molar-refractivity contribution >= 4 is 0 Å². The smallest absolute Gasteiger partial charge is 0.0925 e. The third-order valence-corrected chi connectivity index (χ3v) is 2.35. The Morgan fingerprint density at radius 1 is 1.57 bits per heavy atom. The maximum atomic E-state index is 9.53. The van der Waals surface area contributed by atoms with Crippen LogP contribution in [-0.4, -0.2) is 27.7 Å². The van der Waals surface area contributed by atoms with Crippen LogP contribution in [0.25, 0.3) is 0 Å². The van der Waals surface area contributed by atoms with E-state index < -0.39 is 0 Å². The zero-order valence-corrected chi connectivity index (χ0v) is 9.04. The van der Waals surface area contributed by atoms with E-state index in [2.05, 4.69) is 15.3 Å². The van der Waals surface area contributed by atoms with Crippen molar-refractivity contribution in [3.05, 3.63) is 17.7 Å². The fourth-order valence-electron chi connectivity index (χ4n) is 1.14. The SMILES string of the molecule is Cc1[nH]cnc1CNCC(O)C(C)C. The molecule has 0 aliphatic carbocycles. The van der Waals surface area contributed by atoms with E-state index in [1.165, 1.54) is 0 Å². The number of rotatable bonds is 5. The van der Waals surface area contributed by atoms with E-state index in [4.69, 9.17) is 0 Å². The number of nitrogens with one attached hydrogen (secondary N) is 2. The summed E-state index contributed by atoms with van der Waals surface area (Å²) < 4.78 is 0. The van der Waals surface area contributed by atoms with Gasteiger partial charge in [0.2, 0.25) is 0 Å². The average Bonchev–Trinajstić information content (AvgIpc) is 2.51. The molecule has 3 N–H and O–H groups in total. The van der Waals surface area contributed by atoms with E-state index in [9.17, 15) is 5.11 Å². The quantitative estimate of drug-likeness (QED) is 0.655. The highest BCUT2D eigenvalue weighted by molar-refractivity contribution is 5.07. The summed E-state index contributed by atoms with van der Waals surface area (Å²) in [5.74, 6) is 0.294. The Balaban J connectivity index is 2.25. The zero-order chi connectivity index (χ0) is 10.6. The van der Waals surface area contributed by atoms with E-state index in [0.29, 0.717) is 19.0 Å². The molecule has 1 aromatic rings. The summed E-state index contributed by atoms with van der Waals surface area (Å²) in [4.78, 5) is 7.17. The van der Waals surface area contributed by atoms with Crippen molar-refractivity contribution in [2.75, 3.05) is 6.54 Å². The predicted octanol–water partition coefficient (Wildman–Crippen LogP) is 0.825. The first-order chi connectivity index (χ1) is 6.61. The van der Waals surface area contributed by atoms with Crippen LogP contribution in [0, 0.1) is 12.8 Å². The average molecular weight is 197 g/mol. The van der Waals surface area contributed by atoms with Crippen LogP contribution in [0.3, 0.4) is 0 Å². The van der Waals surface area contributed by atoms with Crippen molar-refractivity contribution in [3.63, 3.8) is 0 Å². The topological polar surface area (TPSA) is 60.9 Å². The van der Waals surface area contributed by atoms with Gasteiger partial charge in [-0.1, -0.05) is 13.8 Å². The molecule has 0 spiro atoms. The van der Waals surface area contributed by atoms with Crippen molar-refractivity contribution in [3.8, 4) is 0 Å². The number of hydrogen-bond donors (Lipinski definition) is 3. The molecule has 1 unspecified atom stereocenters. The lowest BCUT2D eigenvalue weighted by Gasteiger charge is -2.14. The van der Waals surface area contributed by atoms with Crippen LogP contribution in [0.4, 0.5) is 0 Å². The number of aryl methyl sites for hydroxylation is 1. The first kappa shape index (κ1) is 11.2. The van der Waals surface area contributed by atoms with Gasteiger partial charge in [-0.15, -0.1) is 0 Å². The normalized spacial score (nSPS) is 13.5. The molecule has 0 bridgehead atoms. The standard InChI is InChI=1S/C10H19N3O/c1-7(2)10(14)5-11-4-9-8(3)12-6-13-9/h6-7,10-11,14H,4-5H2,1-3H3,(H,12,13). The maximum absolute atomic E-state index is 9.53. The minimum atomic E-state index is -0.283. The van der Waals surface area contributed by atoms with Gasteiger partial charge >= 0.3 is 0 Å². The number of aliphatic hydroxyl groups is 1. The molecule has 14 heavy (non-hydrogen) atoms. The van der Waals surface area contributed by atoms with Crippen LogP contribution in [0.2, 0.25) is 0 Å². The molecule has 0 saturated carbocycles. The van der Waals surface area contributed by atoms with Gasteiger partial charge in [0.15, 0.2) is 0 Å². The Morgan fingerprint density at radius 2 is 2.29 bits per heavy atom. The van der Waals surface area contributed by atoms with Gasteiger partial charge in [0, 0.05) is 18.8 Å². The summed E-state index contributed by atoms with van der Waals surface area (Å²) in [6.45, 7) is 7.32. The fourth-order valence-corrected chi connectivity index (χ4v) is 1.14. The molecular weight excluding hydrogens is 178 g/mol. The molecule has 0 amide bonds. The van der Waals surface area contributed by atoms with Gasteiger partial charge in [-0.25, -0.2) is 4.98 Å². The number of aliphatic hydroxyl groups excluding tert-OH is 1. The molecule has 0 aliphatic rings. The van der Waals surface area contributed by atoms with Crippen molar-refractivity contribution in [1.82, 2.24) is 15.3 Å². The van der Waals surface area contributed by atoms with Crippen molar-refractivity contribution in [2.24, 2.45) is 5.92 Å². The molecule has 1 atom stereocenters. The summed E-state index contributed by atoms with van der Waals surface area (Å²) in [5, 5.41) is 12.7. The minimum absolute atomic E-state index is 0.283. The second-order valence-electron chi connectivity index (χ2n) is 3.92. The van der Waals surface area contributed by atoms with Gasteiger partial charge in [0.05, 0.1) is 18.1 Å². The van der Waals surface area contributed by atoms with Gasteiger partial charge in [-0.2, -0.15) is 0 Å². The first-order valence-corrected chi connectivity index (χ1v) is 4.99. The number of imidazole rings is 1. The fraction of sp³-hybridized carbons (Fsp3) is 0.700. The van der Waals surface area contributed by atoms with Crippen LogP contribution in [0.5, 0.6) is 0 Å². The van der Waals surface area contributed by atoms with Crippen LogP contribution in [0.15, 0.2) is 6.33 Å². The molecule has 1 heterocycles. The molecule has 4 nitrogen and oxygen atoms in total. The van der Waals surface area contributed by atoms with Gasteiger partial charge in [0.25, 0.3) is 0 Å². The van der Waals surface area contributed by atoms with Gasteiger partial charge in [-0.05, 0) is 12.8 Å². The summed E-state index contributed by atoms with van der Waals surface area (Å²) in [5.41, 5.74) is 2.09. The summed E-state index contributed by atoms with van der Waals surface area (Å²) in [7, 11) is 0. The molecular formula is C10H19N3O. The second-order valence-corrected chi connectivity index (χ2v) is 3.92. The van der Waals surface area contributed by atoms with Gasteiger partial charge in [-0.3, -0.25) is 0 Å². The molecule has 1 aromatic heterocycles. The Morgan fingerprint density at radius 3 is 2.79 bits per heavy atom. The predicted molar refractivity (Wildman–Crippen MR) is 55.9 cm³/mol. The minimum Gasteiger partial charge on any atom is -0.392 e. The Kier molecular flexibility index (Phi) is 4.10. The lowest BCUT2D eigenvalue weighted by Crippen LogP contribution is -2.30. The van der Waals surface area contributed by atoms with Crippen molar-refractivity contribution in [1.29, 1.82) is 0 Å². The van der Waals surface area contributed by atoms with Crippen molar-refractivity contribution in [2.45, 2.75) is 33.4 Å². The van der Waals surface area contributed by atoms with Crippen LogP contribution in [-0.2, 0) is 6.54 Å². The van der Waals surface area contributed by atoms with E-state index in [0.717, 1.165) is 11.4 Å². The number of H-pyrrole nitrogens is 1. The first-order valence-electron chi connectivity index (χ1n) is 4.99. The van der Waals surface area contributed by atoms with Crippen LogP contribution in [0.1, 0.15) is 25.2 Å². The number of hydrogen-bond acceptors (Lipinski definition) is 3. The highest BCUT2D eigenvalue weighted by Crippen LogP contribution is 2.01. The third kappa shape index (κ3) is 3.12. The molecule has 4 heteroatoms. The number of nitrogens with zero attached hydrogens (tertiary/aromatic N) is 1. The van der Waals surface area contributed by atoms with E-state index in [1.54, 1.807) is 6.33 Å². The van der Waals surface area contributed by atoms with E-state index in [-0.39, 0.29) is 6.10 Å². The largest absolute Gasteiger partial charge is 0.392 e. The van der Waals surface area contributed by atoms with Gasteiger partial charge in [0.1, 0.15) is 0 Å². The molecule has 0 aromatic carbocycles. The van der Waals surface area contributed by atoms with E-state index in [1.807, 2.05) is 20.8 Å². The molecule has 1 rings (SSSR count). The lowest BCUT2D eigenvalue weighted by atomic mass is 10.1. The highest BCUT2D eigenvalue weighted by Gasteiger charge is 2.08. The van der Waals surface area contributed by atoms with E-state index >= 15 is 0 Å². The van der Waals surface area contributed by atoms with Crippen LogP contribution < -0.4 is 5.32 Å². The molecule has 0 saturated heterocycles. The monoisotopic (exact) mass is 197 g/mol. The Hall–Kier alpha value is -0.870. The molecule has 80 valence electrons. The Labute approximate surface area is 84.8 Å². The van der Waals surface area contributed by atoms with Crippen LogP contribution >= 0.6 is 0 Å². The summed E-state index contributed by atoms with van der Waals surface area (Å²) >= 11 is 0. The lowest BCUT2D eigenvalue weighted by molar-refractivity contribution is 0.123. The van der Waals surface area contributed by atoms with Gasteiger partial charge < -0.3 is 15.4 Å². The summed E-state index contributed by atoms with van der Waals surface area (Å²) in [6, 6.07) is 0. The number of aromatic nitrogens is 2. The summed E-state index contributed by atoms with van der Waals surface area (Å²) in [6.07, 6.45) is 1.40. The highest BCUT2D eigenvalue weighted by atomic mass is 16.3. The number of aromatic amines is 1. The van der Waals surface area contributed by atoms with Crippen molar-refractivity contribution < 1.29 is 5.11 Å². The zero-order valence-electron chi connectivity index (χ0n) is 9.04. The maximum Gasteiger partial charge on any atom is 0.0925 e. The molecule has 0 fully saturated rings. The Bertz CT molecular complexity index is 270.